The Morgan fingerprint density at radius 2 is 1.94 bits per heavy atom. The van der Waals surface area contributed by atoms with Crippen molar-refractivity contribution in [2.45, 2.75) is 46.0 Å². The average molecular weight is 222 g/mol. The Kier molecular flexibility index (Phi) is 4.22. The summed E-state index contributed by atoms with van der Waals surface area (Å²) in [5.41, 5.74) is 1.26. The predicted molar refractivity (Wildman–Crippen MR) is 67.2 cm³/mol. The van der Waals surface area contributed by atoms with E-state index in [1.807, 2.05) is 12.1 Å². The lowest BCUT2D eigenvalue weighted by atomic mass is 9.87. The van der Waals surface area contributed by atoms with Crippen LogP contribution in [0.3, 0.4) is 0 Å². The van der Waals surface area contributed by atoms with Gasteiger partial charge in [0.25, 0.3) is 0 Å². The number of phenolic OH excluding ortho intramolecular Hbond substituents is 1. The topological polar surface area (TPSA) is 29.5 Å². The molecule has 2 heteroatoms. The first kappa shape index (κ1) is 12.9. The summed E-state index contributed by atoms with van der Waals surface area (Å²) in [5, 5.41) is 9.68. The van der Waals surface area contributed by atoms with Gasteiger partial charge >= 0.3 is 0 Å². The van der Waals surface area contributed by atoms with Gasteiger partial charge in [-0.2, -0.15) is 0 Å². The largest absolute Gasteiger partial charge is 0.504 e. The molecule has 1 aromatic rings. The molecule has 0 unspecified atom stereocenters. The molecule has 1 rings (SSSR count). The average Bonchev–Trinajstić information content (AvgIpc) is 2.19. The minimum Gasteiger partial charge on any atom is -0.504 e. The van der Waals surface area contributed by atoms with Gasteiger partial charge in [-0.15, -0.1) is 0 Å². The van der Waals surface area contributed by atoms with Gasteiger partial charge in [0.1, 0.15) is 0 Å². The molecule has 16 heavy (non-hydrogen) atoms. The lowest BCUT2D eigenvalue weighted by molar-refractivity contribution is 0.292. The Morgan fingerprint density at radius 3 is 2.50 bits per heavy atom. The van der Waals surface area contributed by atoms with E-state index >= 15 is 0 Å². The lowest BCUT2D eigenvalue weighted by Gasteiger charge is -2.20. The molecule has 0 saturated heterocycles. The molecular formula is C14H22O2. The van der Waals surface area contributed by atoms with Gasteiger partial charge in [0.2, 0.25) is 0 Å². The fraction of sp³-hybridized carbons (Fsp3) is 0.571. The Bertz CT molecular complexity index is 337. The molecule has 0 spiro atoms. The fourth-order valence-corrected chi connectivity index (χ4v) is 1.42. The molecule has 0 aromatic heterocycles. The maximum atomic E-state index is 9.68. The number of benzene rings is 1. The van der Waals surface area contributed by atoms with Crippen LogP contribution in [0.4, 0.5) is 0 Å². The minimum absolute atomic E-state index is 0.0799. The first-order valence-corrected chi connectivity index (χ1v) is 5.91. The summed E-state index contributed by atoms with van der Waals surface area (Å²) in [7, 11) is 0. The molecule has 0 atom stereocenters. The van der Waals surface area contributed by atoms with Crippen LogP contribution in [0.15, 0.2) is 18.2 Å². The monoisotopic (exact) mass is 222 g/mol. The second-order valence-corrected chi connectivity index (χ2v) is 5.13. The standard InChI is InChI=1S/C14H22O2/c1-5-6-9-16-13-10-11(14(2,3)4)7-8-12(13)15/h7-8,10,15H,5-6,9H2,1-4H3. The molecule has 1 aromatic carbocycles. The van der Waals surface area contributed by atoms with Gasteiger partial charge in [0.05, 0.1) is 6.61 Å². The maximum absolute atomic E-state index is 9.68. The van der Waals surface area contributed by atoms with Gasteiger partial charge in [-0.1, -0.05) is 40.2 Å². The van der Waals surface area contributed by atoms with Crippen molar-refractivity contribution in [1.29, 1.82) is 0 Å². The van der Waals surface area contributed by atoms with E-state index in [4.69, 9.17) is 4.74 Å². The smallest absolute Gasteiger partial charge is 0.161 e. The molecule has 0 radical (unpaired) electrons. The van der Waals surface area contributed by atoms with E-state index in [0.29, 0.717) is 12.4 Å². The number of ether oxygens (including phenoxy) is 1. The molecule has 2 nitrogen and oxygen atoms in total. The first-order chi connectivity index (χ1) is 7.45. The predicted octanol–water partition coefficient (Wildman–Crippen LogP) is 3.87. The van der Waals surface area contributed by atoms with Crippen molar-refractivity contribution in [2.24, 2.45) is 0 Å². The number of aromatic hydroxyl groups is 1. The van der Waals surface area contributed by atoms with Gasteiger partial charge in [0.15, 0.2) is 11.5 Å². The summed E-state index contributed by atoms with van der Waals surface area (Å²) in [5.74, 6) is 0.824. The molecule has 0 fully saturated rings. The number of unbranched alkanes of at least 4 members (excludes halogenated alkanes) is 1. The van der Waals surface area contributed by atoms with E-state index in [2.05, 4.69) is 27.7 Å². The van der Waals surface area contributed by atoms with Crippen LogP contribution in [-0.2, 0) is 5.41 Å². The Morgan fingerprint density at radius 1 is 1.25 bits per heavy atom. The van der Waals surface area contributed by atoms with Crippen LogP contribution >= 0.6 is 0 Å². The van der Waals surface area contributed by atoms with Crippen LogP contribution < -0.4 is 4.74 Å². The highest BCUT2D eigenvalue weighted by molar-refractivity contribution is 5.43. The molecule has 0 amide bonds. The Hall–Kier alpha value is -1.18. The second kappa shape index (κ2) is 5.24. The van der Waals surface area contributed by atoms with Crippen LogP contribution in [0.25, 0.3) is 0 Å². The van der Waals surface area contributed by atoms with Crippen molar-refractivity contribution in [3.05, 3.63) is 23.8 Å². The van der Waals surface area contributed by atoms with Crippen LogP contribution in [-0.4, -0.2) is 11.7 Å². The molecule has 0 aliphatic heterocycles. The van der Waals surface area contributed by atoms with E-state index in [1.54, 1.807) is 6.07 Å². The number of rotatable bonds is 4. The van der Waals surface area contributed by atoms with Crippen molar-refractivity contribution in [2.75, 3.05) is 6.61 Å². The van der Waals surface area contributed by atoms with Gasteiger partial charge in [-0.3, -0.25) is 0 Å². The van der Waals surface area contributed by atoms with E-state index in [1.165, 1.54) is 5.56 Å². The van der Waals surface area contributed by atoms with Gasteiger partial charge in [0, 0.05) is 0 Å². The van der Waals surface area contributed by atoms with Gasteiger partial charge in [-0.05, 0) is 29.5 Å². The van der Waals surface area contributed by atoms with Crippen molar-refractivity contribution >= 4 is 0 Å². The van der Waals surface area contributed by atoms with Gasteiger partial charge in [-0.25, -0.2) is 0 Å². The van der Waals surface area contributed by atoms with Crippen LogP contribution in [0.5, 0.6) is 11.5 Å². The van der Waals surface area contributed by atoms with E-state index in [0.717, 1.165) is 12.8 Å². The molecule has 90 valence electrons. The summed E-state index contributed by atoms with van der Waals surface area (Å²) in [6.07, 6.45) is 2.11. The minimum atomic E-state index is 0.0799. The maximum Gasteiger partial charge on any atom is 0.161 e. The Balaban J connectivity index is 2.83. The van der Waals surface area contributed by atoms with Gasteiger partial charge < -0.3 is 9.84 Å². The van der Waals surface area contributed by atoms with E-state index < -0.39 is 0 Å². The highest BCUT2D eigenvalue weighted by Gasteiger charge is 2.15. The summed E-state index contributed by atoms with van der Waals surface area (Å²) in [6, 6.07) is 5.59. The zero-order valence-electron chi connectivity index (χ0n) is 10.7. The van der Waals surface area contributed by atoms with Crippen molar-refractivity contribution < 1.29 is 9.84 Å². The third-order valence-electron chi connectivity index (χ3n) is 2.58. The molecular weight excluding hydrogens is 200 g/mol. The SMILES string of the molecule is CCCCOc1cc(C(C)(C)C)ccc1O. The summed E-state index contributed by atoms with van der Waals surface area (Å²) >= 11 is 0. The Labute approximate surface area is 98.3 Å². The van der Waals surface area contributed by atoms with Crippen molar-refractivity contribution in [1.82, 2.24) is 0 Å². The summed E-state index contributed by atoms with van der Waals surface area (Å²) < 4.78 is 5.56. The molecule has 0 aliphatic carbocycles. The van der Waals surface area contributed by atoms with E-state index in [-0.39, 0.29) is 11.2 Å². The number of hydrogen-bond donors (Lipinski definition) is 1. The molecule has 0 aliphatic rings. The third kappa shape index (κ3) is 3.44. The first-order valence-electron chi connectivity index (χ1n) is 5.91. The second-order valence-electron chi connectivity index (χ2n) is 5.13. The van der Waals surface area contributed by atoms with E-state index in [9.17, 15) is 5.11 Å². The number of phenols is 1. The van der Waals surface area contributed by atoms with Crippen LogP contribution in [0.2, 0.25) is 0 Å². The van der Waals surface area contributed by atoms with Crippen LogP contribution in [0.1, 0.15) is 46.1 Å². The third-order valence-corrected chi connectivity index (χ3v) is 2.58. The summed E-state index contributed by atoms with van der Waals surface area (Å²) in [6.45, 7) is 9.23. The molecule has 1 N–H and O–H groups in total. The highest BCUT2D eigenvalue weighted by Crippen LogP contribution is 2.32. The zero-order chi connectivity index (χ0) is 12.2. The molecule has 0 heterocycles. The zero-order valence-corrected chi connectivity index (χ0v) is 10.7. The molecule has 0 bridgehead atoms. The number of hydrogen-bond acceptors (Lipinski definition) is 2. The normalized spacial score (nSPS) is 11.5. The van der Waals surface area contributed by atoms with Crippen molar-refractivity contribution in [3.8, 4) is 11.5 Å². The quantitative estimate of drug-likeness (QED) is 0.784. The molecule has 0 saturated carbocycles. The summed E-state index contributed by atoms with van der Waals surface area (Å²) in [4.78, 5) is 0. The van der Waals surface area contributed by atoms with Crippen LogP contribution in [0, 0.1) is 0 Å². The highest BCUT2D eigenvalue weighted by atomic mass is 16.5. The fourth-order valence-electron chi connectivity index (χ4n) is 1.42. The van der Waals surface area contributed by atoms with Crippen molar-refractivity contribution in [3.63, 3.8) is 0 Å². The lowest BCUT2D eigenvalue weighted by Crippen LogP contribution is -2.11.